The maximum Gasteiger partial charge on any atom is 0.255 e. The Labute approximate surface area is 140 Å². The topological polar surface area (TPSA) is 46.4 Å². The van der Waals surface area contributed by atoms with Crippen molar-refractivity contribution in [3.8, 4) is 0 Å². The highest BCUT2D eigenvalue weighted by Gasteiger charge is 2.17. The van der Waals surface area contributed by atoms with Crippen molar-refractivity contribution in [2.45, 2.75) is 33.7 Å². The zero-order valence-electron chi connectivity index (χ0n) is 14.2. The molecule has 1 N–H and O–H groups in total. The zero-order chi connectivity index (χ0) is 17.4. The van der Waals surface area contributed by atoms with E-state index in [1.807, 2.05) is 37.4 Å². The lowest BCUT2D eigenvalue weighted by Crippen LogP contribution is -2.26. The predicted octanol–water partition coefficient (Wildman–Crippen LogP) is 3.89. The summed E-state index contributed by atoms with van der Waals surface area (Å²) in [6, 6.07) is 8.39. The molecule has 1 amide bonds. The van der Waals surface area contributed by atoms with Gasteiger partial charge in [-0.05, 0) is 57.0 Å². The highest BCUT2D eigenvalue weighted by Crippen LogP contribution is 2.19. The molecule has 24 heavy (non-hydrogen) atoms. The number of halogens is 1. The molecule has 2 heterocycles. The van der Waals surface area contributed by atoms with Gasteiger partial charge in [-0.3, -0.25) is 4.79 Å². The lowest BCUT2D eigenvalue weighted by molar-refractivity contribution is 0.0941. The van der Waals surface area contributed by atoms with Crippen molar-refractivity contribution < 1.29 is 9.18 Å². The first-order chi connectivity index (χ1) is 11.4. The molecule has 0 saturated carbocycles. The zero-order valence-corrected chi connectivity index (χ0v) is 14.2. The predicted molar refractivity (Wildman–Crippen MR) is 91.7 cm³/mol. The molecule has 1 atom stereocenters. The third-order valence-corrected chi connectivity index (χ3v) is 4.21. The normalized spacial score (nSPS) is 12.4. The summed E-state index contributed by atoms with van der Waals surface area (Å²) in [4.78, 5) is 17.1. The molecule has 0 aliphatic rings. The van der Waals surface area contributed by atoms with Crippen LogP contribution in [-0.4, -0.2) is 15.3 Å². The van der Waals surface area contributed by atoms with E-state index in [1.54, 1.807) is 25.1 Å². The molecule has 0 bridgehead atoms. The number of benzene rings is 1. The summed E-state index contributed by atoms with van der Waals surface area (Å²) in [7, 11) is 0. The minimum Gasteiger partial charge on any atom is -0.345 e. The number of hydrogen-bond acceptors (Lipinski definition) is 2. The van der Waals surface area contributed by atoms with Gasteiger partial charge in [0.1, 0.15) is 11.5 Å². The van der Waals surface area contributed by atoms with Crippen LogP contribution in [0.3, 0.4) is 0 Å². The van der Waals surface area contributed by atoms with Crippen LogP contribution in [0.4, 0.5) is 4.39 Å². The van der Waals surface area contributed by atoms with Gasteiger partial charge in [-0.2, -0.15) is 0 Å². The van der Waals surface area contributed by atoms with Crippen LogP contribution in [0.5, 0.6) is 0 Å². The fourth-order valence-corrected chi connectivity index (χ4v) is 2.87. The van der Waals surface area contributed by atoms with Gasteiger partial charge >= 0.3 is 0 Å². The van der Waals surface area contributed by atoms with Crippen molar-refractivity contribution in [3.05, 3.63) is 70.4 Å². The van der Waals surface area contributed by atoms with Gasteiger partial charge in [-0.15, -0.1) is 0 Å². The molecule has 2 aromatic heterocycles. The van der Waals surface area contributed by atoms with Crippen molar-refractivity contribution >= 4 is 11.6 Å². The molecule has 4 nitrogen and oxygen atoms in total. The van der Waals surface area contributed by atoms with Crippen LogP contribution in [0, 0.1) is 26.6 Å². The molecule has 3 aromatic rings. The van der Waals surface area contributed by atoms with Crippen LogP contribution in [-0.2, 0) is 0 Å². The van der Waals surface area contributed by atoms with E-state index >= 15 is 0 Å². The van der Waals surface area contributed by atoms with E-state index in [0.717, 1.165) is 17.0 Å². The fourth-order valence-electron chi connectivity index (χ4n) is 2.87. The van der Waals surface area contributed by atoms with E-state index < -0.39 is 0 Å². The molecular weight excluding hydrogens is 305 g/mol. The van der Waals surface area contributed by atoms with Crippen LogP contribution < -0.4 is 5.32 Å². The summed E-state index contributed by atoms with van der Waals surface area (Å²) in [6.45, 7) is 7.48. The Bertz CT molecular complexity index is 930. The van der Waals surface area contributed by atoms with Gasteiger partial charge in [-0.1, -0.05) is 12.1 Å². The summed E-state index contributed by atoms with van der Waals surface area (Å²) in [5.74, 6) is -0.435. The first-order valence-electron chi connectivity index (χ1n) is 7.89. The summed E-state index contributed by atoms with van der Waals surface area (Å²) in [6.07, 6.45) is 1.85. The molecule has 1 aromatic carbocycles. The summed E-state index contributed by atoms with van der Waals surface area (Å²) >= 11 is 0. The van der Waals surface area contributed by atoms with Gasteiger partial charge in [0.05, 0.1) is 11.6 Å². The van der Waals surface area contributed by atoms with E-state index in [0.29, 0.717) is 16.8 Å². The average Bonchev–Trinajstić information content (AvgIpc) is 2.94. The van der Waals surface area contributed by atoms with Crippen molar-refractivity contribution in [2.24, 2.45) is 0 Å². The van der Waals surface area contributed by atoms with Crippen molar-refractivity contribution in [2.75, 3.05) is 0 Å². The molecule has 0 aliphatic heterocycles. The molecule has 124 valence electrons. The first kappa shape index (κ1) is 16.2. The molecule has 0 saturated heterocycles. The molecule has 5 heteroatoms. The van der Waals surface area contributed by atoms with Gasteiger partial charge in [0, 0.05) is 17.6 Å². The number of carbonyl (C=O) groups is 1. The van der Waals surface area contributed by atoms with E-state index in [4.69, 9.17) is 0 Å². The third kappa shape index (κ3) is 2.89. The van der Waals surface area contributed by atoms with Crippen LogP contribution in [0.2, 0.25) is 0 Å². The monoisotopic (exact) mass is 325 g/mol. The number of aryl methyl sites for hydroxylation is 3. The standard InChI is InChI=1S/C19H20FN3O/c1-11-9-15(5-6-17(11)20)14(4)22-19(24)16-7-8-23-13(3)10-12(2)21-18(16)23/h5-10,14H,1-4H3,(H,22,24). The first-order valence-corrected chi connectivity index (χ1v) is 7.89. The highest BCUT2D eigenvalue weighted by atomic mass is 19.1. The lowest BCUT2D eigenvalue weighted by Gasteiger charge is -2.15. The second-order valence-electron chi connectivity index (χ2n) is 6.17. The number of hydrogen-bond donors (Lipinski definition) is 1. The number of rotatable bonds is 3. The number of fused-ring (bicyclic) bond motifs is 1. The number of nitrogens with zero attached hydrogens (tertiary/aromatic N) is 2. The molecule has 0 radical (unpaired) electrons. The van der Waals surface area contributed by atoms with E-state index in [2.05, 4.69) is 10.3 Å². The Hall–Kier alpha value is -2.69. The second kappa shape index (κ2) is 6.07. The quantitative estimate of drug-likeness (QED) is 0.794. The van der Waals surface area contributed by atoms with Crippen molar-refractivity contribution in [1.82, 2.24) is 14.7 Å². The Morgan fingerprint density at radius 3 is 2.67 bits per heavy atom. The van der Waals surface area contributed by atoms with E-state index in [1.165, 1.54) is 6.07 Å². The Balaban J connectivity index is 1.88. The Kier molecular flexibility index (Phi) is 4.09. The van der Waals surface area contributed by atoms with Crippen molar-refractivity contribution in [1.29, 1.82) is 0 Å². The fraction of sp³-hybridized carbons (Fsp3) is 0.263. The SMILES string of the molecule is Cc1cc(C)n2ccc(C(=O)NC(C)c3ccc(F)c(C)c3)c2n1. The Morgan fingerprint density at radius 2 is 1.96 bits per heavy atom. The summed E-state index contributed by atoms with van der Waals surface area (Å²) in [5.41, 5.74) is 4.51. The maximum atomic E-state index is 13.4. The van der Waals surface area contributed by atoms with E-state index in [9.17, 15) is 9.18 Å². The number of aromatic nitrogens is 2. The third-order valence-electron chi connectivity index (χ3n) is 4.21. The minimum absolute atomic E-state index is 0.190. The average molecular weight is 325 g/mol. The van der Waals surface area contributed by atoms with Crippen molar-refractivity contribution in [3.63, 3.8) is 0 Å². The lowest BCUT2D eigenvalue weighted by atomic mass is 10.1. The largest absolute Gasteiger partial charge is 0.345 e. The minimum atomic E-state index is -0.245. The molecule has 0 spiro atoms. The van der Waals surface area contributed by atoms with Crippen LogP contribution in [0.25, 0.3) is 5.65 Å². The maximum absolute atomic E-state index is 13.4. The van der Waals surface area contributed by atoms with Gasteiger partial charge in [-0.25, -0.2) is 9.37 Å². The van der Waals surface area contributed by atoms with Crippen LogP contribution >= 0.6 is 0 Å². The van der Waals surface area contributed by atoms with Gasteiger partial charge < -0.3 is 9.72 Å². The molecule has 3 rings (SSSR count). The second-order valence-corrected chi connectivity index (χ2v) is 6.17. The summed E-state index contributed by atoms with van der Waals surface area (Å²) < 4.78 is 15.3. The van der Waals surface area contributed by atoms with Crippen LogP contribution in [0.1, 0.15) is 45.8 Å². The van der Waals surface area contributed by atoms with E-state index in [-0.39, 0.29) is 17.8 Å². The number of amides is 1. The van der Waals surface area contributed by atoms with Crippen LogP contribution in [0.15, 0.2) is 36.5 Å². The number of nitrogens with one attached hydrogen (secondary N) is 1. The summed E-state index contributed by atoms with van der Waals surface area (Å²) in [5, 5.41) is 2.96. The Morgan fingerprint density at radius 1 is 1.21 bits per heavy atom. The number of carbonyl (C=O) groups excluding carboxylic acids is 1. The molecule has 1 unspecified atom stereocenters. The molecule has 0 aliphatic carbocycles. The molecule has 0 fully saturated rings. The smallest absolute Gasteiger partial charge is 0.255 e. The molecular formula is C19H20FN3O. The van der Waals surface area contributed by atoms with Gasteiger partial charge in [0.15, 0.2) is 0 Å². The van der Waals surface area contributed by atoms with Gasteiger partial charge in [0.25, 0.3) is 5.91 Å². The highest BCUT2D eigenvalue weighted by molar-refractivity contribution is 6.00. The van der Waals surface area contributed by atoms with Gasteiger partial charge in [0.2, 0.25) is 0 Å².